The van der Waals surface area contributed by atoms with Gasteiger partial charge < -0.3 is 19.5 Å². The van der Waals surface area contributed by atoms with Gasteiger partial charge in [-0.05, 0) is 23.1 Å². The molecule has 0 bridgehead atoms. The number of piperidine rings is 1. The van der Waals surface area contributed by atoms with Gasteiger partial charge in [-0.25, -0.2) is 9.48 Å². The van der Waals surface area contributed by atoms with Crippen molar-refractivity contribution in [1.29, 1.82) is 0 Å². The second-order valence-electron chi connectivity index (χ2n) is 10.2. The summed E-state index contributed by atoms with van der Waals surface area (Å²) >= 11 is 0. The first-order valence-corrected chi connectivity index (χ1v) is 12.1. The van der Waals surface area contributed by atoms with Crippen LogP contribution in [0.1, 0.15) is 39.2 Å². The van der Waals surface area contributed by atoms with Crippen LogP contribution in [-0.2, 0) is 6.54 Å². The van der Waals surface area contributed by atoms with Gasteiger partial charge >= 0.3 is 6.09 Å². The Morgan fingerprint density at radius 2 is 1.81 bits per heavy atom. The number of hydrogen-bond acceptors (Lipinski definition) is 5. The zero-order chi connectivity index (χ0) is 25.9. The second kappa shape index (κ2) is 10.4. The average Bonchev–Trinajstić information content (AvgIpc) is 2.86. The van der Waals surface area contributed by atoms with E-state index in [0.29, 0.717) is 37.4 Å². The van der Waals surface area contributed by atoms with Crippen molar-refractivity contribution in [3.63, 3.8) is 0 Å². The molecule has 8 nitrogen and oxygen atoms in total. The number of likely N-dealkylation sites (tertiary alicyclic amines) is 1. The Morgan fingerprint density at radius 3 is 2.42 bits per heavy atom. The van der Waals surface area contributed by atoms with E-state index in [9.17, 15) is 14.7 Å². The Bertz CT molecular complexity index is 1250. The van der Waals surface area contributed by atoms with Crippen LogP contribution in [0.2, 0.25) is 0 Å². The lowest BCUT2D eigenvalue weighted by Gasteiger charge is -2.44. The highest BCUT2D eigenvalue weighted by atomic mass is 16.5. The van der Waals surface area contributed by atoms with E-state index >= 15 is 0 Å². The molecule has 0 saturated carbocycles. The molecule has 3 aromatic rings. The van der Waals surface area contributed by atoms with E-state index in [4.69, 9.17) is 14.6 Å². The number of ether oxygens (including phenoxy) is 2. The van der Waals surface area contributed by atoms with Gasteiger partial charge in [-0.1, -0.05) is 63.2 Å². The highest BCUT2D eigenvalue weighted by Crippen LogP contribution is 2.35. The molecule has 1 saturated heterocycles. The van der Waals surface area contributed by atoms with Gasteiger partial charge in [-0.3, -0.25) is 4.79 Å². The molecule has 0 spiro atoms. The lowest BCUT2D eigenvalue weighted by Crippen LogP contribution is -2.53. The molecular weight excluding hydrogens is 458 g/mol. The van der Waals surface area contributed by atoms with Gasteiger partial charge in [0.2, 0.25) is 0 Å². The molecule has 0 radical (unpaired) electrons. The Morgan fingerprint density at radius 1 is 1.11 bits per heavy atom. The standard InChI is InChI=1S/C28H33N3O5/c1-28(2,3)24-16-22(14-15-30(24)27(33)34)36-23-17-25(32)31(18-19-10-12-21(35-4)13-11-19)29-26(23)20-8-6-5-7-9-20/h5-13,17,22,24H,14-16,18H2,1-4H3,(H,33,34). The molecule has 8 heteroatoms. The summed E-state index contributed by atoms with van der Waals surface area (Å²) in [6.45, 7) is 6.80. The predicted molar refractivity (Wildman–Crippen MR) is 138 cm³/mol. The van der Waals surface area contributed by atoms with E-state index in [1.165, 1.54) is 15.6 Å². The topological polar surface area (TPSA) is 93.9 Å². The molecule has 2 aromatic carbocycles. The largest absolute Gasteiger partial charge is 0.497 e. The van der Waals surface area contributed by atoms with Crippen molar-refractivity contribution < 1.29 is 19.4 Å². The van der Waals surface area contributed by atoms with E-state index in [-0.39, 0.29) is 23.1 Å². The van der Waals surface area contributed by atoms with Gasteiger partial charge in [0, 0.05) is 37.1 Å². The molecule has 1 N–H and O–H groups in total. The average molecular weight is 492 g/mol. The molecule has 190 valence electrons. The Kier molecular flexibility index (Phi) is 7.33. The maximum Gasteiger partial charge on any atom is 0.407 e. The zero-order valence-electron chi connectivity index (χ0n) is 21.2. The molecule has 0 aliphatic carbocycles. The molecule has 1 amide bonds. The van der Waals surface area contributed by atoms with Crippen molar-refractivity contribution in [1.82, 2.24) is 14.7 Å². The Balaban J connectivity index is 1.65. The van der Waals surface area contributed by atoms with Crippen molar-refractivity contribution in [2.45, 2.75) is 52.3 Å². The Hall–Kier alpha value is -3.81. The third kappa shape index (κ3) is 5.70. The number of carbonyl (C=O) groups is 1. The molecule has 2 unspecified atom stereocenters. The number of amides is 1. The lowest BCUT2D eigenvalue weighted by molar-refractivity contribution is 0.0130. The predicted octanol–water partition coefficient (Wildman–Crippen LogP) is 4.90. The van der Waals surface area contributed by atoms with Crippen LogP contribution in [0.15, 0.2) is 65.5 Å². The fourth-order valence-corrected chi connectivity index (χ4v) is 4.65. The Labute approximate surface area is 211 Å². The quantitative estimate of drug-likeness (QED) is 0.527. The highest BCUT2D eigenvalue weighted by molar-refractivity contribution is 5.66. The minimum Gasteiger partial charge on any atom is -0.497 e. The van der Waals surface area contributed by atoms with Crippen LogP contribution in [0.4, 0.5) is 4.79 Å². The normalized spacial score (nSPS) is 18.1. The first-order valence-electron chi connectivity index (χ1n) is 12.1. The number of methoxy groups -OCH3 is 1. The van der Waals surface area contributed by atoms with Crippen molar-refractivity contribution in [3.8, 4) is 22.8 Å². The van der Waals surface area contributed by atoms with Gasteiger partial charge in [-0.2, -0.15) is 5.10 Å². The van der Waals surface area contributed by atoms with E-state index in [1.54, 1.807) is 7.11 Å². The van der Waals surface area contributed by atoms with Crippen LogP contribution in [-0.4, -0.2) is 51.7 Å². The van der Waals surface area contributed by atoms with Crippen molar-refractivity contribution in [2.75, 3.05) is 13.7 Å². The molecular formula is C28H33N3O5. The van der Waals surface area contributed by atoms with Crippen LogP contribution >= 0.6 is 0 Å². The number of aromatic nitrogens is 2. The van der Waals surface area contributed by atoms with Gasteiger partial charge in [0.15, 0.2) is 5.75 Å². The van der Waals surface area contributed by atoms with Crippen molar-refractivity contribution >= 4 is 6.09 Å². The SMILES string of the molecule is COc1ccc(Cn2nc(-c3ccccc3)c(OC3CCN(C(=O)O)C(C(C)(C)C)C3)cc2=O)cc1. The molecule has 2 heterocycles. The number of carboxylic acid groups (broad SMARTS) is 1. The van der Waals surface area contributed by atoms with Gasteiger partial charge in [-0.15, -0.1) is 0 Å². The molecule has 4 rings (SSSR count). The van der Waals surface area contributed by atoms with Crippen LogP contribution in [0.5, 0.6) is 11.5 Å². The summed E-state index contributed by atoms with van der Waals surface area (Å²) in [6.07, 6.45) is -0.0619. The first-order chi connectivity index (χ1) is 17.2. The van der Waals surface area contributed by atoms with E-state index in [2.05, 4.69) is 0 Å². The fraction of sp³-hybridized carbons (Fsp3) is 0.393. The van der Waals surface area contributed by atoms with Gasteiger partial charge in [0.1, 0.15) is 17.5 Å². The molecule has 36 heavy (non-hydrogen) atoms. The minimum atomic E-state index is -0.916. The molecule has 1 aliphatic rings. The maximum atomic E-state index is 13.1. The summed E-state index contributed by atoms with van der Waals surface area (Å²) < 4.78 is 13.1. The molecule has 1 aliphatic heterocycles. The van der Waals surface area contributed by atoms with Crippen LogP contribution in [0.3, 0.4) is 0 Å². The lowest BCUT2D eigenvalue weighted by atomic mass is 9.80. The fourth-order valence-electron chi connectivity index (χ4n) is 4.65. The molecule has 1 fully saturated rings. The van der Waals surface area contributed by atoms with Crippen LogP contribution in [0.25, 0.3) is 11.3 Å². The first kappa shape index (κ1) is 25.3. The minimum absolute atomic E-state index is 0.197. The van der Waals surface area contributed by atoms with Gasteiger partial charge in [0.05, 0.1) is 13.7 Å². The summed E-state index contributed by atoms with van der Waals surface area (Å²) in [7, 11) is 1.61. The zero-order valence-corrected chi connectivity index (χ0v) is 21.2. The number of nitrogens with zero attached hydrogens (tertiary/aromatic N) is 3. The second-order valence-corrected chi connectivity index (χ2v) is 10.2. The molecule has 1 aromatic heterocycles. The highest BCUT2D eigenvalue weighted by Gasteiger charge is 2.39. The summed E-state index contributed by atoms with van der Waals surface area (Å²) in [6, 6.07) is 18.4. The summed E-state index contributed by atoms with van der Waals surface area (Å²) in [5, 5.41) is 14.4. The summed E-state index contributed by atoms with van der Waals surface area (Å²) in [5.74, 6) is 1.16. The summed E-state index contributed by atoms with van der Waals surface area (Å²) in [4.78, 5) is 26.4. The number of rotatable bonds is 6. The number of hydrogen-bond donors (Lipinski definition) is 1. The van der Waals surface area contributed by atoms with Crippen molar-refractivity contribution in [3.05, 3.63) is 76.6 Å². The molecule has 2 atom stereocenters. The van der Waals surface area contributed by atoms with E-state index < -0.39 is 6.09 Å². The maximum absolute atomic E-state index is 13.1. The van der Waals surface area contributed by atoms with Crippen LogP contribution in [0, 0.1) is 5.41 Å². The summed E-state index contributed by atoms with van der Waals surface area (Å²) in [5.41, 5.74) is 1.83. The van der Waals surface area contributed by atoms with E-state index in [0.717, 1.165) is 16.9 Å². The number of benzene rings is 2. The van der Waals surface area contributed by atoms with Crippen LogP contribution < -0.4 is 15.0 Å². The van der Waals surface area contributed by atoms with Gasteiger partial charge in [0.25, 0.3) is 5.56 Å². The van der Waals surface area contributed by atoms with E-state index in [1.807, 2.05) is 75.4 Å². The third-order valence-corrected chi connectivity index (χ3v) is 6.60. The monoisotopic (exact) mass is 491 g/mol. The third-order valence-electron chi connectivity index (χ3n) is 6.60. The smallest absolute Gasteiger partial charge is 0.407 e. The van der Waals surface area contributed by atoms with Crippen molar-refractivity contribution in [2.24, 2.45) is 5.41 Å².